The number of hydrogen-bond acceptors (Lipinski definition) is 5. The van der Waals surface area contributed by atoms with Crippen LogP contribution in [0.2, 0.25) is 0 Å². The molecule has 3 heterocycles. The number of phenols is 1. The Bertz CT molecular complexity index is 1210. The van der Waals surface area contributed by atoms with Crippen LogP contribution in [0.25, 0.3) is 32.9 Å². The van der Waals surface area contributed by atoms with Gasteiger partial charge in [-0.05, 0) is 36.8 Å². The molecule has 0 aliphatic rings. The molecule has 6 heteroatoms. The second-order valence-electron chi connectivity index (χ2n) is 6.80. The molecule has 4 aromatic rings. The van der Waals surface area contributed by atoms with Gasteiger partial charge in [-0.15, -0.1) is 0 Å². The number of nitrogens with zero attached hydrogens (tertiary/aromatic N) is 2. The number of hydrogen-bond donors (Lipinski definition) is 3. The average Bonchev–Trinajstić information content (AvgIpc) is 2.69. The van der Waals surface area contributed by atoms with E-state index in [4.69, 9.17) is 5.73 Å². The zero-order chi connectivity index (χ0) is 19.1. The third kappa shape index (κ3) is 2.74. The van der Waals surface area contributed by atoms with Gasteiger partial charge in [-0.1, -0.05) is 13.0 Å². The lowest BCUT2D eigenvalue weighted by atomic mass is 9.95. The summed E-state index contributed by atoms with van der Waals surface area (Å²) in [6.45, 7) is 4.38. The first kappa shape index (κ1) is 17.2. The quantitative estimate of drug-likeness (QED) is 0.487. The fraction of sp³-hybridized carbons (Fsp3) is 0.190. The lowest BCUT2D eigenvalue weighted by Gasteiger charge is -2.14. The molecular formula is C21H20N4O2. The molecule has 0 radical (unpaired) electrons. The van der Waals surface area contributed by atoms with Crippen LogP contribution < -0.4 is 11.3 Å². The molecule has 0 fully saturated rings. The van der Waals surface area contributed by atoms with Gasteiger partial charge in [0.15, 0.2) is 0 Å². The molecule has 27 heavy (non-hydrogen) atoms. The van der Waals surface area contributed by atoms with Crippen LogP contribution in [0.3, 0.4) is 0 Å². The van der Waals surface area contributed by atoms with E-state index in [9.17, 15) is 9.90 Å². The number of aromatic nitrogens is 3. The number of nitrogens with one attached hydrogen (secondary N) is 1. The standard InChI is InChI=1S/C21H20N4O2/c1-11-8-16(26)17(13-5-6-15(24-10-13)12(2)9-22)18-19(11)25-21(27)14-4-3-7-23-20(14)18/h3-8,10,12,26H,9,22H2,1-2H3,(H,25,27). The summed E-state index contributed by atoms with van der Waals surface area (Å²) in [4.78, 5) is 24.3. The molecule has 0 amide bonds. The Morgan fingerprint density at radius 1 is 1.26 bits per heavy atom. The van der Waals surface area contributed by atoms with Crippen molar-refractivity contribution in [2.45, 2.75) is 19.8 Å². The first-order valence-electron chi connectivity index (χ1n) is 8.81. The number of benzene rings is 1. The molecule has 1 atom stereocenters. The van der Waals surface area contributed by atoms with Crippen molar-refractivity contribution in [3.8, 4) is 16.9 Å². The summed E-state index contributed by atoms with van der Waals surface area (Å²) in [5.41, 5.74) is 9.78. The van der Waals surface area contributed by atoms with Gasteiger partial charge in [0, 0.05) is 47.1 Å². The Balaban J connectivity index is 2.09. The second kappa shape index (κ2) is 6.48. The third-order valence-corrected chi connectivity index (χ3v) is 4.96. The Hall–Kier alpha value is -3.25. The average molecular weight is 360 g/mol. The van der Waals surface area contributed by atoms with Crippen molar-refractivity contribution in [2.24, 2.45) is 5.73 Å². The molecule has 0 saturated carbocycles. The van der Waals surface area contributed by atoms with Crippen molar-refractivity contribution in [3.05, 3.63) is 64.3 Å². The Morgan fingerprint density at radius 2 is 2.07 bits per heavy atom. The van der Waals surface area contributed by atoms with Crippen LogP contribution in [-0.2, 0) is 0 Å². The third-order valence-electron chi connectivity index (χ3n) is 4.96. The molecule has 6 nitrogen and oxygen atoms in total. The molecule has 0 bridgehead atoms. The van der Waals surface area contributed by atoms with Gasteiger partial charge >= 0.3 is 0 Å². The molecule has 4 N–H and O–H groups in total. The van der Waals surface area contributed by atoms with E-state index in [-0.39, 0.29) is 17.2 Å². The zero-order valence-electron chi connectivity index (χ0n) is 15.2. The molecule has 1 unspecified atom stereocenters. The fourth-order valence-corrected chi connectivity index (χ4v) is 3.42. The minimum atomic E-state index is -0.199. The predicted molar refractivity (Wildman–Crippen MR) is 107 cm³/mol. The number of phenolic OH excluding ortho intramolecular Hbond substituents is 1. The lowest BCUT2D eigenvalue weighted by molar-refractivity contribution is 0.477. The predicted octanol–water partition coefficient (Wildman–Crippen LogP) is 3.21. The minimum absolute atomic E-state index is 0.125. The number of nitrogens with two attached hydrogens (primary N) is 1. The summed E-state index contributed by atoms with van der Waals surface area (Å²) in [5, 5.41) is 11.9. The van der Waals surface area contributed by atoms with E-state index in [1.807, 2.05) is 26.0 Å². The molecule has 0 saturated heterocycles. The summed E-state index contributed by atoms with van der Waals surface area (Å²) in [7, 11) is 0. The maximum Gasteiger partial charge on any atom is 0.257 e. The van der Waals surface area contributed by atoms with Gasteiger partial charge < -0.3 is 15.8 Å². The van der Waals surface area contributed by atoms with Crippen molar-refractivity contribution in [1.82, 2.24) is 15.0 Å². The van der Waals surface area contributed by atoms with Crippen molar-refractivity contribution >= 4 is 21.8 Å². The number of pyridine rings is 3. The van der Waals surface area contributed by atoms with Crippen molar-refractivity contribution < 1.29 is 5.11 Å². The topological polar surface area (TPSA) is 105 Å². The highest BCUT2D eigenvalue weighted by Gasteiger charge is 2.18. The lowest BCUT2D eigenvalue weighted by Crippen LogP contribution is -2.10. The molecular weight excluding hydrogens is 340 g/mol. The molecule has 0 aliphatic heterocycles. The van der Waals surface area contributed by atoms with Crippen molar-refractivity contribution in [3.63, 3.8) is 0 Å². The Kier molecular flexibility index (Phi) is 4.12. The molecule has 4 rings (SSSR count). The number of fused-ring (bicyclic) bond motifs is 3. The van der Waals surface area contributed by atoms with Gasteiger partial charge in [-0.2, -0.15) is 0 Å². The van der Waals surface area contributed by atoms with Crippen molar-refractivity contribution in [2.75, 3.05) is 6.54 Å². The van der Waals surface area contributed by atoms with E-state index in [2.05, 4.69) is 15.0 Å². The van der Waals surface area contributed by atoms with Crippen LogP contribution in [0.15, 0.2) is 47.5 Å². The van der Waals surface area contributed by atoms with Crippen LogP contribution >= 0.6 is 0 Å². The van der Waals surface area contributed by atoms with E-state index in [1.165, 1.54) is 0 Å². The minimum Gasteiger partial charge on any atom is -0.507 e. The number of aryl methyl sites for hydroxylation is 1. The van der Waals surface area contributed by atoms with Gasteiger partial charge in [-0.3, -0.25) is 14.8 Å². The number of aromatic amines is 1. The van der Waals surface area contributed by atoms with E-state index in [0.29, 0.717) is 33.9 Å². The molecule has 0 aliphatic carbocycles. The summed E-state index contributed by atoms with van der Waals surface area (Å²) in [5.74, 6) is 0.279. The number of rotatable bonds is 3. The van der Waals surface area contributed by atoms with Gasteiger partial charge in [0.25, 0.3) is 5.56 Å². The van der Waals surface area contributed by atoms with E-state index in [1.54, 1.807) is 30.6 Å². The Morgan fingerprint density at radius 3 is 2.78 bits per heavy atom. The summed E-state index contributed by atoms with van der Waals surface area (Å²) in [6.07, 6.45) is 3.37. The van der Waals surface area contributed by atoms with Crippen LogP contribution in [0, 0.1) is 6.92 Å². The second-order valence-corrected chi connectivity index (χ2v) is 6.80. The molecule has 3 aromatic heterocycles. The maximum absolute atomic E-state index is 12.4. The van der Waals surface area contributed by atoms with E-state index in [0.717, 1.165) is 16.8 Å². The molecule has 0 spiro atoms. The Labute approximate surface area is 155 Å². The van der Waals surface area contributed by atoms with Crippen molar-refractivity contribution in [1.29, 1.82) is 0 Å². The molecule has 136 valence electrons. The summed E-state index contributed by atoms with van der Waals surface area (Å²) < 4.78 is 0. The van der Waals surface area contributed by atoms with Crippen LogP contribution in [0.4, 0.5) is 0 Å². The normalized spacial score (nSPS) is 12.6. The highest BCUT2D eigenvalue weighted by Crippen LogP contribution is 2.39. The summed E-state index contributed by atoms with van der Waals surface area (Å²) in [6, 6.07) is 8.94. The fourth-order valence-electron chi connectivity index (χ4n) is 3.42. The highest BCUT2D eigenvalue weighted by molar-refractivity contribution is 6.13. The number of aromatic hydroxyl groups is 1. The monoisotopic (exact) mass is 360 g/mol. The van der Waals surface area contributed by atoms with Crippen LogP contribution in [-0.4, -0.2) is 26.6 Å². The smallest absolute Gasteiger partial charge is 0.257 e. The van der Waals surface area contributed by atoms with Crippen LogP contribution in [0.5, 0.6) is 5.75 Å². The van der Waals surface area contributed by atoms with Gasteiger partial charge in [0.05, 0.1) is 16.4 Å². The van der Waals surface area contributed by atoms with Gasteiger partial charge in [-0.25, -0.2) is 0 Å². The SMILES string of the molecule is Cc1cc(O)c(-c2ccc(C(C)CN)nc2)c2c1[nH]c(=O)c1cccnc12. The van der Waals surface area contributed by atoms with E-state index < -0.39 is 0 Å². The van der Waals surface area contributed by atoms with E-state index >= 15 is 0 Å². The molecule has 1 aromatic carbocycles. The van der Waals surface area contributed by atoms with Gasteiger partial charge in [0.1, 0.15) is 5.75 Å². The largest absolute Gasteiger partial charge is 0.507 e. The van der Waals surface area contributed by atoms with Gasteiger partial charge in [0.2, 0.25) is 0 Å². The summed E-state index contributed by atoms with van der Waals surface area (Å²) >= 11 is 0. The first-order chi connectivity index (χ1) is 13.0. The highest BCUT2D eigenvalue weighted by atomic mass is 16.3. The number of H-pyrrole nitrogens is 1. The zero-order valence-corrected chi connectivity index (χ0v) is 15.2. The maximum atomic E-state index is 12.4. The van der Waals surface area contributed by atoms with Crippen LogP contribution in [0.1, 0.15) is 24.1 Å². The first-order valence-corrected chi connectivity index (χ1v) is 8.81.